The monoisotopic (exact) mass is 753 g/mol. The molecule has 0 bridgehead atoms. The lowest BCUT2D eigenvalue weighted by Gasteiger charge is -2.28. The third kappa shape index (κ3) is 14.2. The van der Waals surface area contributed by atoms with Crippen LogP contribution in [0.25, 0.3) is 0 Å². The number of carbonyl (C=O) groups is 4. The van der Waals surface area contributed by atoms with E-state index < -0.39 is 62.8 Å². The molecule has 2 aromatic carbocycles. The zero-order chi connectivity index (χ0) is 38.9. The van der Waals surface area contributed by atoms with Gasteiger partial charge < -0.3 is 19.5 Å². The lowest BCUT2D eigenvalue weighted by atomic mass is 9.78. The van der Waals surface area contributed by atoms with E-state index >= 15 is 0 Å². The number of esters is 2. The number of nitrogens with one attached hydrogen (secondary N) is 1. The van der Waals surface area contributed by atoms with Gasteiger partial charge in [-0.05, 0) is 109 Å². The zero-order valence-corrected chi connectivity index (χ0v) is 31.4. The number of rotatable bonds is 14. The molecule has 2 atom stereocenters. The van der Waals surface area contributed by atoms with Crippen LogP contribution in [-0.4, -0.2) is 61.8 Å². The van der Waals surface area contributed by atoms with Gasteiger partial charge in [0, 0.05) is 24.7 Å². The molecule has 1 aliphatic rings. The van der Waals surface area contributed by atoms with E-state index in [9.17, 15) is 40.8 Å². The lowest BCUT2D eigenvalue weighted by Crippen LogP contribution is -2.46. The Bertz CT molecular complexity index is 1620. The summed E-state index contributed by atoms with van der Waals surface area (Å²) in [5, 5.41) is 2.48. The molecular weight excluding hydrogens is 703 g/mol. The predicted octanol–water partition coefficient (Wildman–Crippen LogP) is 7.59. The molecule has 0 aromatic heterocycles. The van der Waals surface area contributed by atoms with Crippen LogP contribution in [-0.2, 0) is 44.6 Å². The molecule has 10 nitrogen and oxygen atoms in total. The number of hydrogen-bond donors (Lipinski definition) is 1. The second-order valence-electron chi connectivity index (χ2n) is 15.3. The standard InChI is InChI=1S/C38H50F3NO9S/c1-36(2,3)50-34(45)31(42-35(46)51-37(4,5)6)20-21-33(44)49-23-28(26-10-8-7-9-11-26)22-32(43)27-14-12-25(13-15-27)24-52(47,48)30-18-16-29(17-19-30)38(39,40)41/h7-11,16-19,25,27-28,31H,12-15,20-24H2,1-6H3,(H,42,46)/t25?,27?,28-,31+/m1/s1. The molecule has 14 heteroatoms. The van der Waals surface area contributed by atoms with Crippen molar-refractivity contribution in [1.29, 1.82) is 0 Å². The maximum absolute atomic E-state index is 13.5. The van der Waals surface area contributed by atoms with Gasteiger partial charge in [-0.3, -0.25) is 9.59 Å². The number of hydrogen-bond acceptors (Lipinski definition) is 9. The average Bonchev–Trinajstić information content (AvgIpc) is 3.03. The molecular formula is C38H50F3NO9S. The summed E-state index contributed by atoms with van der Waals surface area (Å²) in [5.74, 6) is -2.65. The molecule has 1 N–H and O–H groups in total. The second-order valence-corrected chi connectivity index (χ2v) is 17.3. The number of Topliss-reactive ketones (excluding diaryl/α,β-unsaturated/α-hetero) is 1. The fourth-order valence-corrected chi connectivity index (χ4v) is 7.61. The lowest BCUT2D eigenvalue weighted by molar-refractivity contribution is -0.158. The van der Waals surface area contributed by atoms with Gasteiger partial charge in [0.05, 0.1) is 22.8 Å². The fraction of sp³-hybridized carbons (Fsp3) is 0.579. The molecule has 0 unspecified atom stereocenters. The molecule has 0 spiro atoms. The van der Waals surface area contributed by atoms with Gasteiger partial charge in [-0.25, -0.2) is 18.0 Å². The maximum Gasteiger partial charge on any atom is 0.416 e. The summed E-state index contributed by atoms with van der Waals surface area (Å²) >= 11 is 0. The Morgan fingerprint density at radius 3 is 1.94 bits per heavy atom. The number of ketones is 1. The minimum Gasteiger partial charge on any atom is -0.465 e. The first-order valence-electron chi connectivity index (χ1n) is 17.4. The predicted molar refractivity (Wildman–Crippen MR) is 187 cm³/mol. The Morgan fingerprint density at radius 1 is 0.827 bits per heavy atom. The molecule has 1 saturated carbocycles. The highest BCUT2D eigenvalue weighted by molar-refractivity contribution is 7.91. The van der Waals surface area contributed by atoms with Crippen molar-refractivity contribution in [2.75, 3.05) is 12.4 Å². The van der Waals surface area contributed by atoms with Crippen LogP contribution in [0, 0.1) is 11.8 Å². The number of alkyl carbamates (subject to hydrolysis) is 1. The van der Waals surface area contributed by atoms with Crippen LogP contribution in [0.4, 0.5) is 18.0 Å². The summed E-state index contributed by atoms with van der Waals surface area (Å²) in [4.78, 5) is 51.5. The van der Waals surface area contributed by atoms with E-state index in [0.717, 1.165) is 29.8 Å². The van der Waals surface area contributed by atoms with Gasteiger partial charge >= 0.3 is 24.2 Å². The summed E-state index contributed by atoms with van der Waals surface area (Å²) in [7, 11) is -3.82. The summed E-state index contributed by atoms with van der Waals surface area (Å²) in [6.45, 7) is 9.95. The SMILES string of the molecule is CC(C)(C)OC(=O)N[C@@H](CCC(=O)OC[C@@H](CC(=O)C1CCC(CS(=O)(=O)c2ccc(C(F)(F)F)cc2)CC1)c1ccccc1)C(=O)OC(C)(C)C. The van der Waals surface area contributed by atoms with E-state index in [4.69, 9.17) is 14.2 Å². The minimum atomic E-state index is -4.57. The van der Waals surface area contributed by atoms with E-state index in [0.29, 0.717) is 25.7 Å². The van der Waals surface area contributed by atoms with E-state index in [-0.39, 0.29) is 54.1 Å². The highest BCUT2D eigenvalue weighted by Gasteiger charge is 2.34. The van der Waals surface area contributed by atoms with Crippen LogP contribution >= 0.6 is 0 Å². The Hall–Kier alpha value is -3.94. The van der Waals surface area contributed by atoms with Crippen molar-refractivity contribution in [3.63, 3.8) is 0 Å². The molecule has 0 saturated heterocycles. The summed E-state index contributed by atoms with van der Waals surface area (Å²) in [6.07, 6.45) is -3.80. The van der Waals surface area contributed by atoms with Crippen molar-refractivity contribution in [2.45, 2.75) is 121 Å². The normalized spacial score (nSPS) is 18.1. The highest BCUT2D eigenvalue weighted by atomic mass is 32.2. The van der Waals surface area contributed by atoms with Gasteiger partial charge in [-0.1, -0.05) is 30.3 Å². The Morgan fingerprint density at radius 2 is 1.40 bits per heavy atom. The van der Waals surface area contributed by atoms with Crippen molar-refractivity contribution < 1.29 is 55.0 Å². The topological polar surface area (TPSA) is 142 Å². The van der Waals surface area contributed by atoms with Crippen molar-refractivity contribution in [1.82, 2.24) is 5.32 Å². The van der Waals surface area contributed by atoms with E-state index in [1.54, 1.807) is 41.5 Å². The highest BCUT2D eigenvalue weighted by Crippen LogP contribution is 2.35. The number of sulfone groups is 1. The molecule has 1 amide bonds. The van der Waals surface area contributed by atoms with Crippen LogP contribution in [0.15, 0.2) is 59.5 Å². The van der Waals surface area contributed by atoms with Gasteiger partial charge in [0.2, 0.25) is 0 Å². The van der Waals surface area contributed by atoms with Crippen LogP contribution in [0.3, 0.4) is 0 Å². The van der Waals surface area contributed by atoms with Gasteiger partial charge in [-0.15, -0.1) is 0 Å². The number of carbonyl (C=O) groups excluding carboxylic acids is 4. The van der Waals surface area contributed by atoms with Gasteiger partial charge in [0.1, 0.15) is 23.0 Å². The van der Waals surface area contributed by atoms with E-state index in [1.807, 2.05) is 30.3 Å². The van der Waals surface area contributed by atoms with Crippen molar-refractivity contribution >= 4 is 33.7 Å². The quantitative estimate of drug-likeness (QED) is 0.153. The molecule has 0 radical (unpaired) electrons. The smallest absolute Gasteiger partial charge is 0.416 e. The van der Waals surface area contributed by atoms with Gasteiger partial charge in [0.15, 0.2) is 9.84 Å². The van der Waals surface area contributed by atoms with Crippen LogP contribution in [0.2, 0.25) is 0 Å². The summed E-state index contributed by atoms with van der Waals surface area (Å²) in [6, 6.07) is 11.4. The number of ether oxygens (including phenoxy) is 3. The Balaban J connectivity index is 1.57. The largest absolute Gasteiger partial charge is 0.465 e. The molecule has 0 heterocycles. The molecule has 288 valence electrons. The molecule has 1 aliphatic carbocycles. The molecule has 52 heavy (non-hydrogen) atoms. The van der Waals surface area contributed by atoms with Crippen molar-refractivity contribution in [3.8, 4) is 0 Å². The van der Waals surface area contributed by atoms with Crippen molar-refractivity contribution in [3.05, 3.63) is 65.7 Å². The zero-order valence-electron chi connectivity index (χ0n) is 30.6. The first-order valence-corrected chi connectivity index (χ1v) is 19.0. The summed E-state index contributed by atoms with van der Waals surface area (Å²) < 4.78 is 80.9. The average molecular weight is 754 g/mol. The fourth-order valence-electron chi connectivity index (χ4n) is 5.92. The Kier molecular flexibility index (Phi) is 14.5. The molecule has 3 rings (SSSR count). The first kappa shape index (κ1) is 42.5. The van der Waals surface area contributed by atoms with Crippen LogP contribution in [0.1, 0.15) is 104 Å². The van der Waals surface area contributed by atoms with Gasteiger partial charge in [0.25, 0.3) is 0 Å². The molecule has 1 fully saturated rings. The third-order valence-electron chi connectivity index (χ3n) is 8.48. The van der Waals surface area contributed by atoms with E-state index in [1.165, 1.54) is 0 Å². The number of amides is 1. The third-order valence-corrected chi connectivity index (χ3v) is 10.4. The number of halogens is 3. The maximum atomic E-state index is 13.5. The number of benzene rings is 2. The number of alkyl halides is 3. The summed E-state index contributed by atoms with van der Waals surface area (Å²) in [5.41, 5.74) is -1.79. The van der Waals surface area contributed by atoms with Gasteiger partial charge in [-0.2, -0.15) is 13.2 Å². The molecule has 0 aliphatic heterocycles. The molecule has 2 aromatic rings. The van der Waals surface area contributed by atoms with Crippen molar-refractivity contribution in [2.24, 2.45) is 11.8 Å². The first-order chi connectivity index (χ1) is 24.0. The minimum absolute atomic E-state index is 0.0412. The van der Waals surface area contributed by atoms with E-state index in [2.05, 4.69) is 5.32 Å². The Labute approximate surface area is 304 Å². The van der Waals surface area contributed by atoms with Crippen LogP contribution in [0.5, 0.6) is 0 Å². The van der Waals surface area contributed by atoms with Crippen LogP contribution < -0.4 is 5.32 Å². The second kappa shape index (κ2) is 17.7.